The van der Waals surface area contributed by atoms with E-state index in [1.54, 1.807) is 22.8 Å². The van der Waals surface area contributed by atoms with E-state index in [-0.39, 0.29) is 17.4 Å². The van der Waals surface area contributed by atoms with Gasteiger partial charge in [0.2, 0.25) is 5.91 Å². The Morgan fingerprint density at radius 2 is 2.17 bits per heavy atom. The molecule has 5 nitrogen and oxygen atoms in total. The molecule has 1 aromatic heterocycles. The zero-order chi connectivity index (χ0) is 13.9. The molecule has 0 fully saturated rings. The van der Waals surface area contributed by atoms with E-state index in [9.17, 15) is 4.79 Å². The van der Waals surface area contributed by atoms with Crippen LogP contribution < -0.4 is 5.32 Å². The maximum Gasteiger partial charge on any atom is 0.244 e. The molecule has 0 saturated heterocycles. The summed E-state index contributed by atoms with van der Waals surface area (Å²) in [5.74, 6) is 0.0698. The molecule has 0 spiro atoms. The largest absolute Gasteiger partial charge is 0.344 e. The molecular weight excluding hydrogens is 228 g/mol. The van der Waals surface area contributed by atoms with Gasteiger partial charge in [0, 0.05) is 32.4 Å². The molecule has 5 heteroatoms. The molecule has 1 atom stereocenters. The topological polar surface area (TPSA) is 50.2 Å². The van der Waals surface area contributed by atoms with Gasteiger partial charge in [-0.2, -0.15) is 5.10 Å². The van der Waals surface area contributed by atoms with Gasteiger partial charge in [0.25, 0.3) is 0 Å². The summed E-state index contributed by atoms with van der Waals surface area (Å²) >= 11 is 0. The molecule has 0 aliphatic carbocycles. The third-order valence-electron chi connectivity index (χ3n) is 2.68. The van der Waals surface area contributed by atoms with Crippen molar-refractivity contribution >= 4 is 5.91 Å². The Labute approximate surface area is 109 Å². The van der Waals surface area contributed by atoms with Crippen LogP contribution in [0.4, 0.5) is 0 Å². The van der Waals surface area contributed by atoms with E-state index in [2.05, 4.69) is 31.2 Å². The van der Waals surface area contributed by atoms with Gasteiger partial charge in [0.15, 0.2) is 0 Å². The van der Waals surface area contributed by atoms with E-state index in [1.807, 2.05) is 20.3 Å². The Kier molecular flexibility index (Phi) is 4.51. The Hall–Kier alpha value is -1.36. The van der Waals surface area contributed by atoms with Crippen LogP contribution in [0.2, 0.25) is 0 Å². The number of carbonyl (C=O) groups excluding carboxylic acids is 1. The SMILES string of the molecule is CNC(C(=O)N(C)CC(C)(C)C)c1cnn(C)c1. The third-order valence-corrected chi connectivity index (χ3v) is 2.68. The van der Waals surface area contributed by atoms with Gasteiger partial charge in [-0.3, -0.25) is 9.48 Å². The van der Waals surface area contributed by atoms with Crippen LogP contribution in [0.3, 0.4) is 0 Å². The Bertz CT molecular complexity index is 405. The number of hydrogen-bond acceptors (Lipinski definition) is 3. The lowest BCUT2D eigenvalue weighted by Crippen LogP contribution is -2.41. The molecule has 0 aliphatic rings. The van der Waals surface area contributed by atoms with E-state index >= 15 is 0 Å². The second-order valence-corrected chi connectivity index (χ2v) is 5.92. The second kappa shape index (κ2) is 5.52. The first kappa shape index (κ1) is 14.7. The lowest BCUT2D eigenvalue weighted by molar-refractivity contribution is -0.133. The summed E-state index contributed by atoms with van der Waals surface area (Å²) < 4.78 is 1.71. The van der Waals surface area contributed by atoms with Crippen LogP contribution in [0.25, 0.3) is 0 Å². The smallest absolute Gasteiger partial charge is 0.244 e. The number of aryl methyl sites for hydroxylation is 1. The highest BCUT2D eigenvalue weighted by Gasteiger charge is 2.25. The molecule has 0 radical (unpaired) electrons. The normalized spacial score (nSPS) is 13.4. The van der Waals surface area contributed by atoms with Crippen LogP contribution in [-0.4, -0.2) is 41.2 Å². The third kappa shape index (κ3) is 3.84. The summed E-state index contributed by atoms with van der Waals surface area (Å²) in [5, 5.41) is 7.16. The first-order valence-electron chi connectivity index (χ1n) is 6.15. The molecule has 0 aromatic carbocycles. The standard InChI is InChI=1S/C13H24N4O/c1-13(2,3)9-16(5)12(18)11(14-4)10-7-15-17(6)8-10/h7-8,11,14H,9H2,1-6H3. The second-order valence-electron chi connectivity index (χ2n) is 5.92. The van der Waals surface area contributed by atoms with Crippen molar-refractivity contribution in [2.24, 2.45) is 12.5 Å². The minimum absolute atomic E-state index is 0.0698. The van der Waals surface area contributed by atoms with Crippen molar-refractivity contribution in [3.05, 3.63) is 18.0 Å². The van der Waals surface area contributed by atoms with Crippen LogP contribution in [0.5, 0.6) is 0 Å². The minimum atomic E-state index is -0.328. The average molecular weight is 252 g/mol. The highest BCUT2D eigenvalue weighted by atomic mass is 16.2. The molecule has 1 amide bonds. The monoisotopic (exact) mass is 252 g/mol. The minimum Gasteiger partial charge on any atom is -0.344 e. The van der Waals surface area contributed by atoms with Crippen molar-refractivity contribution in [2.75, 3.05) is 20.6 Å². The molecule has 1 heterocycles. The van der Waals surface area contributed by atoms with Gasteiger partial charge in [-0.05, 0) is 12.5 Å². The van der Waals surface area contributed by atoms with E-state index in [4.69, 9.17) is 0 Å². The molecule has 1 aromatic rings. The van der Waals surface area contributed by atoms with Crippen LogP contribution in [0, 0.1) is 5.41 Å². The van der Waals surface area contributed by atoms with Crippen LogP contribution in [0.1, 0.15) is 32.4 Å². The molecule has 1 rings (SSSR count). The predicted octanol–water partition coefficient (Wildman–Crippen LogP) is 1.19. The maximum atomic E-state index is 12.4. The molecule has 0 bridgehead atoms. The number of rotatable bonds is 4. The highest BCUT2D eigenvalue weighted by Crippen LogP contribution is 2.18. The van der Waals surface area contributed by atoms with Crippen molar-refractivity contribution in [1.29, 1.82) is 0 Å². The van der Waals surface area contributed by atoms with Gasteiger partial charge in [-0.1, -0.05) is 20.8 Å². The molecule has 0 aliphatic heterocycles. The summed E-state index contributed by atoms with van der Waals surface area (Å²) in [7, 11) is 5.48. The lowest BCUT2D eigenvalue weighted by Gasteiger charge is -2.29. The van der Waals surface area contributed by atoms with Crippen molar-refractivity contribution in [1.82, 2.24) is 20.0 Å². The van der Waals surface area contributed by atoms with E-state index in [0.717, 1.165) is 12.1 Å². The summed E-state index contributed by atoms with van der Waals surface area (Å²) in [6, 6.07) is -0.328. The zero-order valence-corrected chi connectivity index (χ0v) is 12.2. The molecule has 1 N–H and O–H groups in total. The van der Waals surface area contributed by atoms with Crippen LogP contribution in [-0.2, 0) is 11.8 Å². The average Bonchev–Trinajstić information content (AvgIpc) is 2.63. The van der Waals surface area contributed by atoms with Crippen LogP contribution in [0.15, 0.2) is 12.4 Å². The fourth-order valence-electron chi connectivity index (χ4n) is 2.03. The molecule has 18 heavy (non-hydrogen) atoms. The van der Waals surface area contributed by atoms with Gasteiger partial charge in [-0.15, -0.1) is 0 Å². The summed E-state index contributed by atoms with van der Waals surface area (Å²) in [6.07, 6.45) is 3.59. The number of nitrogens with one attached hydrogen (secondary N) is 1. The van der Waals surface area contributed by atoms with E-state index < -0.39 is 0 Å². The first-order chi connectivity index (χ1) is 8.24. The van der Waals surface area contributed by atoms with E-state index in [1.165, 1.54) is 0 Å². The number of amides is 1. The predicted molar refractivity (Wildman–Crippen MR) is 72.1 cm³/mol. The summed E-state index contributed by atoms with van der Waals surface area (Å²) in [4.78, 5) is 14.2. The van der Waals surface area contributed by atoms with Gasteiger partial charge in [0.05, 0.1) is 6.20 Å². The first-order valence-corrected chi connectivity index (χ1v) is 6.15. The quantitative estimate of drug-likeness (QED) is 0.875. The highest BCUT2D eigenvalue weighted by molar-refractivity contribution is 5.83. The maximum absolute atomic E-state index is 12.4. The lowest BCUT2D eigenvalue weighted by atomic mass is 9.96. The number of aromatic nitrogens is 2. The van der Waals surface area contributed by atoms with Gasteiger partial charge in [-0.25, -0.2) is 0 Å². The molecule has 102 valence electrons. The van der Waals surface area contributed by atoms with Crippen molar-refractivity contribution in [3.63, 3.8) is 0 Å². The number of carbonyl (C=O) groups is 1. The van der Waals surface area contributed by atoms with Gasteiger partial charge >= 0.3 is 0 Å². The summed E-state index contributed by atoms with van der Waals surface area (Å²) in [5.41, 5.74) is 0.989. The van der Waals surface area contributed by atoms with Gasteiger partial charge < -0.3 is 10.2 Å². The van der Waals surface area contributed by atoms with Gasteiger partial charge in [0.1, 0.15) is 6.04 Å². The molecule has 1 unspecified atom stereocenters. The van der Waals surface area contributed by atoms with Crippen LogP contribution >= 0.6 is 0 Å². The fraction of sp³-hybridized carbons (Fsp3) is 0.692. The van der Waals surface area contributed by atoms with Crippen molar-refractivity contribution < 1.29 is 4.79 Å². The Balaban J connectivity index is 2.80. The zero-order valence-electron chi connectivity index (χ0n) is 12.2. The molecule has 0 saturated carbocycles. The number of likely N-dealkylation sites (N-methyl/N-ethyl adjacent to an activating group) is 2. The fourth-order valence-corrected chi connectivity index (χ4v) is 2.03. The number of nitrogens with zero attached hydrogens (tertiary/aromatic N) is 3. The van der Waals surface area contributed by atoms with E-state index in [0.29, 0.717) is 0 Å². The van der Waals surface area contributed by atoms with Crippen molar-refractivity contribution in [2.45, 2.75) is 26.8 Å². The summed E-state index contributed by atoms with van der Waals surface area (Å²) in [6.45, 7) is 7.09. The van der Waals surface area contributed by atoms with Crippen molar-refractivity contribution in [3.8, 4) is 0 Å². The molecular formula is C13H24N4O. The Morgan fingerprint density at radius 3 is 2.56 bits per heavy atom. The number of hydrogen-bond donors (Lipinski definition) is 1. The Morgan fingerprint density at radius 1 is 1.56 bits per heavy atom.